The van der Waals surface area contributed by atoms with Crippen molar-refractivity contribution in [2.45, 2.75) is 6.92 Å². The summed E-state index contributed by atoms with van der Waals surface area (Å²) >= 11 is 0. The van der Waals surface area contributed by atoms with E-state index in [0.717, 1.165) is 5.56 Å². The van der Waals surface area contributed by atoms with Crippen LogP contribution in [0.5, 0.6) is 11.5 Å². The van der Waals surface area contributed by atoms with Gasteiger partial charge in [-0.05, 0) is 49.4 Å². The number of fused-ring (bicyclic) bond motifs is 1. The second kappa shape index (κ2) is 9.23. The number of esters is 1. The molecule has 0 spiro atoms. The first-order valence-corrected chi connectivity index (χ1v) is 8.57. The number of carbonyl (C=O) groups excluding carboxylic acids is 2. The van der Waals surface area contributed by atoms with Crippen LogP contribution in [0.1, 0.15) is 18.1 Å². The van der Waals surface area contributed by atoms with Gasteiger partial charge < -0.3 is 24.4 Å². The number of nitrogens with zero attached hydrogens (tertiary/aromatic N) is 2. The second-order valence-corrected chi connectivity index (χ2v) is 5.92. The zero-order valence-electron chi connectivity index (χ0n) is 15.5. The van der Waals surface area contributed by atoms with E-state index in [1.54, 1.807) is 49.4 Å². The first-order valence-electron chi connectivity index (χ1n) is 8.57. The normalized spacial score (nSPS) is 12.1. The zero-order valence-corrected chi connectivity index (χ0v) is 15.5. The maximum absolute atomic E-state index is 11.8. The summed E-state index contributed by atoms with van der Waals surface area (Å²) < 4.78 is 15.4. The van der Waals surface area contributed by atoms with Gasteiger partial charge in [-0.2, -0.15) is 5.26 Å². The lowest BCUT2D eigenvalue weighted by atomic mass is 10.1. The van der Waals surface area contributed by atoms with Gasteiger partial charge in [-0.3, -0.25) is 4.79 Å². The number of oxime groups is 1. The molecule has 0 bridgehead atoms. The maximum atomic E-state index is 11.8. The lowest BCUT2D eigenvalue weighted by molar-refractivity contribution is -0.151. The third-order valence-corrected chi connectivity index (χ3v) is 3.84. The van der Waals surface area contributed by atoms with Crippen molar-refractivity contribution in [3.63, 3.8) is 0 Å². The number of ether oxygens (including phenoxy) is 3. The molecule has 1 heterocycles. The summed E-state index contributed by atoms with van der Waals surface area (Å²) in [5.74, 6) is 0.0281. The Kier molecular flexibility index (Phi) is 6.27. The highest BCUT2D eigenvalue weighted by Gasteiger charge is 2.14. The fourth-order valence-corrected chi connectivity index (χ4v) is 2.37. The predicted molar refractivity (Wildman–Crippen MR) is 101 cm³/mol. The molecule has 3 rings (SSSR count). The third-order valence-electron chi connectivity index (χ3n) is 3.84. The number of rotatable bonds is 7. The molecule has 9 nitrogen and oxygen atoms in total. The van der Waals surface area contributed by atoms with Crippen LogP contribution in [-0.2, 0) is 19.2 Å². The topological polar surface area (TPSA) is 119 Å². The number of nitrogens with one attached hydrogen (secondary N) is 1. The first-order chi connectivity index (χ1) is 14.0. The summed E-state index contributed by atoms with van der Waals surface area (Å²) in [6, 6.07) is 13.6. The molecule has 0 radical (unpaired) electrons. The summed E-state index contributed by atoms with van der Waals surface area (Å²) in [5, 5.41) is 15.1. The summed E-state index contributed by atoms with van der Waals surface area (Å²) in [4.78, 5) is 28.5. The largest absolute Gasteiger partial charge is 0.454 e. The fraction of sp³-hybridized carbons (Fsp3) is 0.200. The average Bonchev–Trinajstić information content (AvgIpc) is 3.20. The van der Waals surface area contributed by atoms with E-state index in [-0.39, 0.29) is 6.79 Å². The van der Waals surface area contributed by atoms with Crippen LogP contribution in [-0.4, -0.2) is 37.6 Å². The van der Waals surface area contributed by atoms with E-state index in [1.165, 1.54) is 0 Å². The molecule has 1 amide bonds. The Morgan fingerprint density at radius 3 is 2.66 bits per heavy atom. The number of nitriles is 1. The maximum Gasteiger partial charge on any atom is 0.347 e. The molecule has 0 atom stereocenters. The van der Waals surface area contributed by atoms with Gasteiger partial charge in [0.1, 0.15) is 0 Å². The van der Waals surface area contributed by atoms with Crippen molar-refractivity contribution in [2.75, 3.05) is 25.3 Å². The standard InChI is InChI=1S/C20H17N3O6/c1-13(15-4-7-17-18(8-15)28-12-27-17)23-29-11-20(25)26-10-19(24)22-16-5-2-14(9-21)3-6-16/h2-8H,10-12H2,1H3,(H,22,24)/b23-13-. The van der Waals surface area contributed by atoms with Gasteiger partial charge in [0.25, 0.3) is 5.91 Å². The number of anilines is 1. The minimum absolute atomic E-state index is 0.177. The lowest BCUT2D eigenvalue weighted by Crippen LogP contribution is -2.22. The van der Waals surface area contributed by atoms with Crippen LogP contribution in [0.3, 0.4) is 0 Å². The SMILES string of the molecule is C/C(=N/OCC(=O)OCC(=O)Nc1ccc(C#N)cc1)c1ccc2c(c1)OCO2. The molecule has 148 valence electrons. The second-order valence-electron chi connectivity index (χ2n) is 5.92. The Labute approximate surface area is 166 Å². The molecule has 2 aromatic rings. The smallest absolute Gasteiger partial charge is 0.347 e. The van der Waals surface area contributed by atoms with E-state index in [4.69, 9.17) is 24.3 Å². The quantitative estimate of drug-likeness (QED) is 0.434. The molecule has 0 unspecified atom stereocenters. The van der Waals surface area contributed by atoms with Crippen LogP contribution in [0.15, 0.2) is 47.6 Å². The number of hydrogen-bond donors (Lipinski definition) is 1. The van der Waals surface area contributed by atoms with E-state index >= 15 is 0 Å². The Hall–Kier alpha value is -4.06. The number of carbonyl (C=O) groups is 2. The van der Waals surface area contributed by atoms with Gasteiger partial charge >= 0.3 is 5.97 Å². The molecule has 0 aliphatic carbocycles. The molecular formula is C20H17N3O6. The van der Waals surface area contributed by atoms with E-state index in [1.807, 2.05) is 6.07 Å². The van der Waals surface area contributed by atoms with Gasteiger partial charge in [-0.25, -0.2) is 4.79 Å². The molecule has 0 saturated heterocycles. The summed E-state index contributed by atoms with van der Waals surface area (Å²) in [6.07, 6.45) is 0. The molecule has 9 heteroatoms. The highest BCUT2D eigenvalue weighted by atomic mass is 16.7. The van der Waals surface area contributed by atoms with Gasteiger partial charge in [0.2, 0.25) is 13.4 Å². The Morgan fingerprint density at radius 2 is 1.90 bits per heavy atom. The molecule has 2 aromatic carbocycles. The van der Waals surface area contributed by atoms with Crippen LogP contribution >= 0.6 is 0 Å². The summed E-state index contributed by atoms with van der Waals surface area (Å²) in [6.45, 7) is 0.989. The molecule has 0 aromatic heterocycles. The van der Waals surface area contributed by atoms with Crippen LogP contribution in [0.4, 0.5) is 5.69 Å². The van der Waals surface area contributed by atoms with Crippen molar-refractivity contribution in [1.82, 2.24) is 0 Å². The summed E-state index contributed by atoms with van der Waals surface area (Å²) in [5.41, 5.74) is 2.26. The highest BCUT2D eigenvalue weighted by Crippen LogP contribution is 2.32. The molecule has 1 aliphatic rings. The minimum Gasteiger partial charge on any atom is -0.454 e. The number of hydrogen-bond acceptors (Lipinski definition) is 8. The van der Waals surface area contributed by atoms with Crippen molar-refractivity contribution >= 4 is 23.3 Å². The lowest BCUT2D eigenvalue weighted by Gasteiger charge is -2.07. The van der Waals surface area contributed by atoms with Crippen LogP contribution in [0.25, 0.3) is 0 Å². The van der Waals surface area contributed by atoms with Crippen LogP contribution in [0, 0.1) is 11.3 Å². The van der Waals surface area contributed by atoms with Crippen molar-refractivity contribution in [3.05, 3.63) is 53.6 Å². The van der Waals surface area contributed by atoms with E-state index < -0.39 is 25.1 Å². The Balaban J connectivity index is 1.40. The van der Waals surface area contributed by atoms with Gasteiger partial charge in [-0.15, -0.1) is 0 Å². The van der Waals surface area contributed by atoms with E-state index in [0.29, 0.717) is 28.5 Å². The minimum atomic E-state index is -0.734. The molecular weight excluding hydrogens is 378 g/mol. The fourth-order valence-electron chi connectivity index (χ4n) is 2.37. The van der Waals surface area contributed by atoms with Gasteiger partial charge in [0, 0.05) is 11.3 Å². The van der Waals surface area contributed by atoms with Gasteiger partial charge in [0.15, 0.2) is 18.1 Å². The van der Waals surface area contributed by atoms with E-state index in [2.05, 4.69) is 10.5 Å². The van der Waals surface area contributed by atoms with Crippen molar-refractivity contribution in [2.24, 2.45) is 5.16 Å². The van der Waals surface area contributed by atoms with Crippen LogP contribution in [0.2, 0.25) is 0 Å². The number of amides is 1. The molecule has 29 heavy (non-hydrogen) atoms. The van der Waals surface area contributed by atoms with Crippen molar-refractivity contribution < 1.29 is 28.6 Å². The summed E-state index contributed by atoms with van der Waals surface area (Å²) in [7, 11) is 0. The monoisotopic (exact) mass is 395 g/mol. The van der Waals surface area contributed by atoms with E-state index in [9.17, 15) is 9.59 Å². The Bertz CT molecular complexity index is 979. The van der Waals surface area contributed by atoms with Crippen molar-refractivity contribution in [3.8, 4) is 17.6 Å². The van der Waals surface area contributed by atoms with Crippen LogP contribution < -0.4 is 14.8 Å². The number of benzene rings is 2. The predicted octanol–water partition coefficient (Wildman–Crippen LogP) is 2.21. The van der Waals surface area contributed by atoms with Gasteiger partial charge in [0.05, 0.1) is 17.3 Å². The highest BCUT2D eigenvalue weighted by molar-refractivity contribution is 5.99. The van der Waals surface area contributed by atoms with Crippen molar-refractivity contribution in [1.29, 1.82) is 5.26 Å². The molecule has 0 saturated carbocycles. The first kappa shape index (κ1) is 19.7. The third kappa shape index (κ3) is 5.46. The van der Waals surface area contributed by atoms with Gasteiger partial charge in [-0.1, -0.05) is 5.16 Å². The average molecular weight is 395 g/mol. The molecule has 1 N–H and O–H groups in total. The molecule has 1 aliphatic heterocycles. The Morgan fingerprint density at radius 1 is 1.14 bits per heavy atom. The molecule has 0 fully saturated rings. The zero-order chi connectivity index (χ0) is 20.6.